The molecule has 140 valence electrons. The molecule has 2 amide bonds. The van der Waals surface area contributed by atoms with Crippen LogP contribution in [0.3, 0.4) is 0 Å². The standard InChI is InChI=1S/C19H20N4O3S/c1-12-8-17(22-26-12)21-18(24)10-23(3)19(25)9-14-4-6-15(7-5-14)16-11-27-13(2)20-16/h4-8,11H,9-10H2,1-3H3,(H,21,22,24). The second kappa shape index (κ2) is 8.13. The highest BCUT2D eigenvalue weighted by molar-refractivity contribution is 7.09. The Hall–Kier alpha value is -3.00. The average molecular weight is 384 g/mol. The van der Waals surface area contributed by atoms with Gasteiger partial charge < -0.3 is 14.7 Å². The first-order chi connectivity index (χ1) is 12.9. The lowest BCUT2D eigenvalue weighted by atomic mass is 10.1. The number of benzene rings is 1. The van der Waals surface area contributed by atoms with E-state index in [0.29, 0.717) is 11.6 Å². The first-order valence-electron chi connectivity index (χ1n) is 8.39. The molecule has 7 nitrogen and oxygen atoms in total. The Kier molecular flexibility index (Phi) is 5.66. The highest BCUT2D eigenvalue weighted by Gasteiger charge is 2.15. The van der Waals surface area contributed by atoms with Crippen LogP contribution in [0.4, 0.5) is 5.82 Å². The molecule has 0 aliphatic carbocycles. The molecule has 27 heavy (non-hydrogen) atoms. The van der Waals surface area contributed by atoms with Crippen LogP contribution >= 0.6 is 11.3 Å². The zero-order chi connectivity index (χ0) is 19.4. The number of hydrogen-bond acceptors (Lipinski definition) is 6. The van der Waals surface area contributed by atoms with Crippen LogP contribution in [0, 0.1) is 13.8 Å². The van der Waals surface area contributed by atoms with Gasteiger partial charge in [0.15, 0.2) is 5.82 Å². The van der Waals surface area contributed by atoms with Crippen molar-refractivity contribution in [2.75, 3.05) is 18.9 Å². The average Bonchev–Trinajstić information content (AvgIpc) is 3.23. The lowest BCUT2D eigenvalue weighted by molar-refractivity contribution is -0.132. The minimum absolute atomic E-state index is 0.0546. The number of amides is 2. The molecule has 3 rings (SSSR count). The molecule has 8 heteroatoms. The molecule has 3 aromatic rings. The van der Waals surface area contributed by atoms with Crippen LogP contribution in [0.25, 0.3) is 11.3 Å². The number of nitrogens with zero attached hydrogens (tertiary/aromatic N) is 3. The maximum absolute atomic E-state index is 12.4. The first-order valence-corrected chi connectivity index (χ1v) is 9.27. The number of likely N-dealkylation sites (N-methyl/N-ethyl adjacent to an activating group) is 1. The Labute approximate surface area is 161 Å². The predicted molar refractivity (Wildman–Crippen MR) is 103 cm³/mol. The van der Waals surface area contributed by atoms with Crippen LogP contribution in [-0.4, -0.2) is 40.4 Å². The number of carbonyl (C=O) groups is 2. The van der Waals surface area contributed by atoms with Gasteiger partial charge in [-0.1, -0.05) is 29.4 Å². The third-order valence-electron chi connectivity index (χ3n) is 3.93. The number of rotatable bonds is 6. The molecule has 0 saturated heterocycles. The van der Waals surface area contributed by atoms with E-state index in [9.17, 15) is 9.59 Å². The summed E-state index contributed by atoms with van der Waals surface area (Å²) >= 11 is 1.61. The molecule has 0 bridgehead atoms. The van der Waals surface area contributed by atoms with Gasteiger partial charge in [0.05, 0.1) is 23.7 Å². The van der Waals surface area contributed by atoms with E-state index >= 15 is 0 Å². The van der Waals surface area contributed by atoms with E-state index in [-0.39, 0.29) is 24.8 Å². The van der Waals surface area contributed by atoms with Gasteiger partial charge in [-0.05, 0) is 19.4 Å². The highest BCUT2D eigenvalue weighted by atomic mass is 32.1. The van der Waals surface area contributed by atoms with Crippen molar-refractivity contribution in [2.45, 2.75) is 20.3 Å². The Morgan fingerprint density at radius 3 is 2.56 bits per heavy atom. The van der Waals surface area contributed by atoms with Crippen molar-refractivity contribution in [3.63, 3.8) is 0 Å². The van der Waals surface area contributed by atoms with Crippen LogP contribution < -0.4 is 5.32 Å². The van der Waals surface area contributed by atoms with E-state index in [2.05, 4.69) is 15.5 Å². The Morgan fingerprint density at radius 1 is 1.22 bits per heavy atom. The number of nitrogens with one attached hydrogen (secondary N) is 1. The molecule has 0 saturated carbocycles. The van der Waals surface area contributed by atoms with Crippen LogP contribution in [0.5, 0.6) is 0 Å². The summed E-state index contributed by atoms with van der Waals surface area (Å²) in [6.45, 7) is 3.65. The van der Waals surface area contributed by atoms with E-state index in [1.807, 2.05) is 36.6 Å². The van der Waals surface area contributed by atoms with E-state index in [0.717, 1.165) is 21.8 Å². The first kappa shape index (κ1) is 18.8. The summed E-state index contributed by atoms with van der Waals surface area (Å²) in [5, 5.41) is 9.32. The molecule has 0 aliphatic heterocycles. The van der Waals surface area contributed by atoms with Gasteiger partial charge in [-0.15, -0.1) is 11.3 Å². The normalized spacial score (nSPS) is 10.6. The maximum atomic E-state index is 12.4. The zero-order valence-electron chi connectivity index (χ0n) is 15.4. The quantitative estimate of drug-likeness (QED) is 0.706. The number of thiazole rings is 1. The molecular weight excluding hydrogens is 364 g/mol. The number of anilines is 1. The minimum Gasteiger partial charge on any atom is -0.360 e. The summed E-state index contributed by atoms with van der Waals surface area (Å²) in [7, 11) is 1.60. The van der Waals surface area contributed by atoms with Gasteiger partial charge in [-0.25, -0.2) is 4.98 Å². The Bertz CT molecular complexity index is 946. The third kappa shape index (κ3) is 5.01. The fraction of sp³-hybridized carbons (Fsp3) is 0.263. The zero-order valence-corrected chi connectivity index (χ0v) is 16.2. The molecule has 0 spiro atoms. The van der Waals surface area contributed by atoms with Crippen molar-refractivity contribution in [2.24, 2.45) is 0 Å². The van der Waals surface area contributed by atoms with Crippen LogP contribution in [0.1, 0.15) is 16.3 Å². The maximum Gasteiger partial charge on any atom is 0.245 e. The molecule has 1 aromatic carbocycles. The van der Waals surface area contributed by atoms with E-state index in [1.165, 1.54) is 4.90 Å². The molecule has 0 aliphatic rings. The van der Waals surface area contributed by atoms with Gasteiger partial charge in [0.25, 0.3) is 0 Å². The number of carbonyl (C=O) groups excluding carboxylic acids is 2. The largest absolute Gasteiger partial charge is 0.360 e. The van der Waals surface area contributed by atoms with Gasteiger partial charge in [0.2, 0.25) is 11.8 Å². The van der Waals surface area contributed by atoms with Crippen LogP contribution in [-0.2, 0) is 16.0 Å². The fourth-order valence-electron chi connectivity index (χ4n) is 2.51. The summed E-state index contributed by atoms with van der Waals surface area (Å²) in [6.07, 6.45) is 0.225. The van der Waals surface area contributed by atoms with Gasteiger partial charge in [-0.2, -0.15) is 0 Å². The van der Waals surface area contributed by atoms with Crippen LogP contribution in [0.15, 0.2) is 40.2 Å². The lowest BCUT2D eigenvalue weighted by Gasteiger charge is -2.16. The molecular formula is C19H20N4O3S. The summed E-state index contributed by atoms with van der Waals surface area (Å²) in [6, 6.07) is 9.35. The van der Waals surface area contributed by atoms with Crippen molar-refractivity contribution in [1.29, 1.82) is 0 Å². The smallest absolute Gasteiger partial charge is 0.245 e. The second-order valence-electron chi connectivity index (χ2n) is 6.25. The molecule has 2 heterocycles. The van der Waals surface area contributed by atoms with Crippen LogP contribution in [0.2, 0.25) is 0 Å². The Morgan fingerprint density at radius 2 is 1.96 bits per heavy atom. The van der Waals surface area contributed by atoms with Gasteiger partial charge in [-0.3, -0.25) is 9.59 Å². The molecule has 0 radical (unpaired) electrons. The summed E-state index contributed by atoms with van der Waals surface area (Å²) in [5.41, 5.74) is 2.84. The van der Waals surface area contributed by atoms with Crippen molar-refractivity contribution in [3.05, 3.63) is 52.0 Å². The van der Waals surface area contributed by atoms with Crippen molar-refractivity contribution in [3.8, 4) is 11.3 Å². The second-order valence-corrected chi connectivity index (χ2v) is 7.31. The van der Waals surface area contributed by atoms with E-state index in [4.69, 9.17) is 4.52 Å². The monoisotopic (exact) mass is 384 g/mol. The number of aryl methyl sites for hydroxylation is 2. The van der Waals surface area contributed by atoms with Crippen molar-refractivity contribution < 1.29 is 14.1 Å². The van der Waals surface area contributed by atoms with Gasteiger partial charge in [0, 0.05) is 24.1 Å². The molecule has 1 N–H and O–H groups in total. The number of aromatic nitrogens is 2. The Balaban J connectivity index is 1.53. The van der Waals surface area contributed by atoms with Gasteiger partial charge >= 0.3 is 0 Å². The summed E-state index contributed by atoms with van der Waals surface area (Å²) in [4.78, 5) is 30.2. The molecule has 0 fully saturated rings. The van der Waals surface area contributed by atoms with Crippen molar-refractivity contribution >= 4 is 29.0 Å². The third-order valence-corrected chi connectivity index (χ3v) is 4.70. The SMILES string of the molecule is Cc1cc(NC(=O)CN(C)C(=O)Cc2ccc(-c3csc(C)n3)cc2)no1. The fourth-order valence-corrected chi connectivity index (χ4v) is 3.13. The topological polar surface area (TPSA) is 88.3 Å². The predicted octanol–water partition coefficient (Wildman–Crippen LogP) is 3.05. The minimum atomic E-state index is -0.326. The van der Waals surface area contributed by atoms with E-state index in [1.54, 1.807) is 31.4 Å². The van der Waals surface area contributed by atoms with E-state index < -0.39 is 0 Å². The number of hydrogen-bond donors (Lipinski definition) is 1. The molecule has 0 unspecified atom stereocenters. The highest BCUT2D eigenvalue weighted by Crippen LogP contribution is 2.22. The van der Waals surface area contributed by atoms with Crippen molar-refractivity contribution in [1.82, 2.24) is 15.0 Å². The molecule has 0 atom stereocenters. The lowest BCUT2D eigenvalue weighted by Crippen LogP contribution is -2.35. The summed E-state index contributed by atoms with van der Waals surface area (Å²) in [5.74, 6) is 0.476. The summed E-state index contributed by atoms with van der Waals surface area (Å²) < 4.78 is 4.89. The molecule has 2 aromatic heterocycles. The van der Waals surface area contributed by atoms with Gasteiger partial charge in [0.1, 0.15) is 5.76 Å².